The predicted octanol–water partition coefficient (Wildman–Crippen LogP) is 6.25. The van der Waals surface area contributed by atoms with Crippen molar-refractivity contribution in [1.29, 1.82) is 0 Å². The van der Waals surface area contributed by atoms with Crippen molar-refractivity contribution in [3.8, 4) is 5.75 Å². The monoisotopic (exact) mass is 347 g/mol. The minimum absolute atomic E-state index is 0.308. The van der Waals surface area contributed by atoms with Gasteiger partial charge in [0, 0.05) is 13.1 Å². The third-order valence-electron chi connectivity index (χ3n) is 5.15. The fraction of sp³-hybridized carbons (Fsp3) is 0.739. The van der Waals surface area contributed by atoms with E-state index in [1.165, 1.54) is 12.0 Å². The van der Waals surface area contributed by atoms with Gasteiger partial charge in [-0.15, -0.1) is 0 Å². The molecule has 0 heterocycles. The first-order valence-corrected chi connectivity index (χ1v) is 9.81. The maximum Gasteiger partial charge on any atom is 0.119 e. The molecule has 0 amide bonds. The van der Waals surface area contributed by atoms with E-state index < -0.39 is 0 Å². The van der Waals surface area contributed by atoms with E-state index in [0.717, 1.165) is 25.4 Å². The molecule has 0 aliphatic heterocycles. The summed E-state index contributed by atoms with van der Waals surface area (Å²) in [7, 11) is 2.23. The van der Waals surface area contributed by atoms with Crippen LogP contribution in [-0.4, -0.2) is 25.1 Å². The molecule has 0 unspecified atom stereocenters. The van der Waals surface area contributed by atoms with Crippen molar-refractivity contribution in [3.63, 3.8) is 0 Å². The lowest BCUT2D eigenvalue weighted by molar-refractivity contribution is 0.103. The molecule has 2 heteroatoms. The molecule has 0 aliphatic rings. The third-order valence-corrected chi connectivity index (χ3v) is 5.15. The van der Waals surface area contributed by atoms with Crippen molar-refractivity contribution in [3.05, 3.63) is 29.8 Å². The van der Waals surface area contributed by atoms with Crippen molar-refractivity contribution in [1.82, 2.24) is 4.90 Å². The summed E-state index contributed by atoms with van der Waals surface area (Å²) in [6, 6.07) is 8.57. The van der Waals surface area contributed by atoms with Crippen LogP contribution < -0.4 is 4.74 Å². The molecule has 25 heavy (non-hydrogen) atoms. The Balaban J connectivity index is 2.56. The molecular weight excluding hydrogens is 306 g/mol. The van der Waals surface area contributed by atoms with Gasteiger partial charge in [0.2, 0.25) is 0 Å². The highest BCUT2D eigenvalue weighted by Gasteiger charge is 2.31. The number of ether oxygens (including phenoxy) is 1. The number of hydrogen-bond donors (Lipinski definition) is 0. The molecule has 1 aromatic rings. The molecular formula is C23H41NO. The van der Waals surface area contributed by atoms with Crippen LogP contribution in [-0.2, 0) is 6.54 Å². The van der Waals surface area contributed by atoms with Gasteiger partial charge in [0.25, 0.3) is 0 Å². The van der Waals surface area contributed by atoms with E-state index in [1.54, 1.807) is 0 Å². The van der Waals surface area contributed by atoms with Crippen LogP contribution in [0.15, 0.2) is 24.3 Å². The van der Waals surface area contributed by atoms with Gasteiger partial charge in [-0.1, -0.05) is 67.5 Å². The molecule has 0 bridgehead atoms. The zero-order valence-electron chi connectivity index (χ0n) is 18.1. The van der Waals surface area contributed by atoms with Crippen molar-refractivity contribution in [2.75, 3.05) is 20.2 Å². The molecule has 1 rings (SSSR count). The molecule has 0 fully saturated rings. The fourth-order valence-corrected chi connectivity index (χ4v) is 3.55. The smallest absolute Gasteiger partial charge is 0.119 e. The van der Waals surface area contributed by atoms with Gasteiger partial charge in [-0.05, 0) is 53.8 Å². The number of nitrogens with zero attached hydrogens (tertiary/aromatic N) is 1. The topological polar surface area (TPSA) is 12.5 Å². The van der Waals surface area contributed by atoms with E-state index >= 15 is 0 Å². The Hall–Kier alpha value is -1.02. The van der Waals surface area contributed by atoms with Gasteiger partial charge in [0.05, 0.1) is 6.61 Å². The second-order valence-corrected chi connectivity index (χ2v) is 10.0. The Kier molecular flexibility index (Phi) is 7.99. The molecule has 0 spiro atoms. The summed E-state index contributed by atoms with van der Waals surface area (Å²) < 4.78 is 5.77. The zero-order valence-corrected chi connectivity index (χ0v) is 18.1. The molecule has 1 aromatic carbocycles. The number of hydrogen-bond acceptors (Lipinski definition) is 2. The predicted molar refractivity (Wildman–Crippen MR) is 110 cm³/mol. The molecule has 0 saturated carbocycles. The van der Waals surface area contributed by atoms with E-state index in [1.807, 2.05) is 0 Å². The lowest BCUT2D eigenvalue weighted by Crippen LogP contribution is -2.36. The molecule has 0 N–H and O–H groups in total. The molecule has 144 valence electrons. The Labute approximate surface area is 157 Å². The van der Waals surface area contributed by atoms with Crippen molar-refractivity contribution in [2.24, 2.45) is 22.7 Å². The highest BCUT2D eigenvalue weighted by atomic mass is 16.5. The second kappa shape index (κ2) is 9.07. The first-order valence-electron chi connectivity index (χ1n) is 9.81. The minimum atomic E-state index is 0.308. The summed E-state index contributed by atoms with van der Waals surface area (Å²) in [5.74, 6) is 2.23. The molecule has 0 radical (unpaired) electrons. The van der Waals surface area contributed by atoms with Gasteiger partial charge in [-0.2, -0.15) is 0 Å². The lowest BCUT2D eigenvalue weighted by atomic mass is 9.69. The summed E-state index contributed by atoms with van der Waals surface area (Å²) in [5.41, 5.74) is 2.03. The van der Waals surface area contributed by atoms with Gasteiger partial charge < -0.3 is 9.64 Å². The normalized spacial score (nSPS) is 13.1. The average Bonchev–Trinajstić information content (AvgIpc) is 2.44. The maximum atomic E-state index is 5.77. The van der Waals surface area contributed by atoms with Crippen LogP contribution in [0.4, 0.5) is 0 Å². The molecule has 0 saturated heterocycles. The summed E-state index contributed by atoms with van der Waals surface area (Å²) in [6.45, 7) is 21.5. The van der Waals surface area contributed by atoms with Crippen LogP contribution in [0.25, 0.3) is 0 Å². The Bertz CT molecular complexity index is 499. The number of benzene rings is 1. The molecule has 0 aliphatic carbocycles. The second-order valence-electron chi connectivity index (χ2n) is 10.0. The van der Waals surface area contributed by atoms with Gasteiger partial charge >= 0.3 is 0 Å². The van der Waals surface area contributed by atoms with E-state index in [9.17, 15) is 0 Å². The van der Waals surface area contributed by atoms with E-state index in [-0.39, 0.29) is 0 Å². The van der Waals surface area contributed by atoms with Crippen LogP contribution in [0, 0.1) is 22.7 Å². The highest BCUT2D eigenvalue weighted by Crippen LogP contribution is 2.39. The summed E-state index contributed by atoms with van der Waals surface area (Å²) in [5, 5.41) is 0. The van der Waals surface area contributed by atoms with Crippen LogP contribution in [0.5, 0.6) is 5.75 Å². The van der Waals surface area contributed by atoms with E-state index in [2.05, 4.69) is 91.6 Å². The first-order chi connectivity index (χ1) is 11.4. The lowest BCUT2D eigenvalue weighted by Gasteiger charge is -2.40. The summed E-state index contributed by atoms with van der Waals surface area (Å²) >= 11 is 0. The average molecular weight is 348 g/mol. The molecule has 2 nitrogen and oxygen atoms in total. The van der Waals surface area contributed by atoms with Crippen molar-refractivity contribution in [2.45, 2.75) is 68.4 Å². The quantitative estimate of drug-likeness (QED) is 0.496. The van der Waals surface area contributed by atoms with Gasteiger partial charge in [0.1, 0.15) is 5.75 Å². The SMILES string of the molecule is CC(C)COc1ccc(CN(C)CC(C)(C)CC(C)(C)C(C)C)cc1. The van der Waals surface area contributed by atoms with Gasteiger partial charge in [-0.25, -0.2) is 0 Å². The van der Waals surface area contributed by atoms with Crippen LogP contribution in [0.3, 0.4) is 0 Å². The van der Waals surface area contributed by atoms with Crippen LogP contribution in [0.1, 0.15) is 67.4 Å². The van der Waals surface area contributed by atoms with Gasteiger partial charge in [-0.3, -0.25) is 0 Å². The minimum Gasteiger partial charge on any atom is -0.493 e. The van der Waals surface area contributed by atoms with Crippen molar-refractivity contribution >= 4 is 0 Å². The van der Waals surface area contributed by atoms with E-state index in [0.29, 0.717) is 22.7 Å². The Morgan fingerprint density at radius 1 is 0.960 bits per heavy atom. The highest BCUT2D eigenvalue weighted by molar-refractivity contribution is 5.27. The molecule has 0 aromatic heterocycles. The maximum absolute atomic E-state index is 5.77. The first kappa shape index (κ1) is 22.0. The largest absolute Gasteiger partial charge is 0.493 e. The van der Waals surface area contributed by atoms with Crippen molar-refractivity contribution < 1.29 is 4.74 Å². The summed E-state index contributed by atoms with van der Waals surface area (Å²) in [4.78, 5) is 2.44. The Morgan fingerprint density at radius 2 is 1.52 bits per heavy atom. The van der Waals surface area contributed by atoms with Crippen LogP contribution >= 0.6 is 0 Å². The van der Waals surface area contributed by atoms with Crippen LogP contribution in [0.2, 0.25) is 0 Å². The molecule has 0 atom stereocenters. The van der Waals surface area contributed by atoms with E-state index in [4.69, 9.17) is 4.74 Å². The fourth-order valence-electron chi connectivity index (χ4n) is 3.55. The zero-order chi connectivity index (χ0) is 19.3. The standard InChI is InChI=1S/C23H41NO/c1-18(2)15-25-21-12-10-20(11-13-21)14-24(9)17-22(5,6)16-23(7,8)19(3)4/h10-13,18-19H,14-17H2,1-9H3. The number of rotatable bonds is 10. The Morgan fingerprint density at radius 3 is 2.00 bits per heavy atom. The van der Waals surface area contributed by atoms with Gasteiger partial charge in [0.15, 0.2) is 0 Å². The third kappa shape index (κ3) is 8.27. The summed E-state index contributed by atoms with van der Waals surface area (Å²) in [6.07, 6.45) is 1.24.